The molecular formula is C12H18O. The van der Waals surface area contributed by atoms with E-state index in [-0.39, 0.29) is 0 Å². The molecule has 4 aliphatic carbocycles. The van der Waals surface area contributed by atoms with Crippen molar-refractivity contribution < 1.29 is 4.79 Å². The molecule has 0 amide bonds. The molecule has 2 unspecified atom stereocenters. The van der Waals surface area contributed by atoms with Crippen molar-refractivity contribution in [1.29, 1.82) is 0 Å². The fourth-order valence-electron chi connectivity index (χ4n) is 4.89. The first kappa shape index (κ1) is 8.02. The zero-order chi connectivity index (χ0) is 9.43. The second-order valence-electron chi connectivity index (χ2n) is 6.02. The molecule has 4 bridgehead atoms. The molecule has 4 rings (SSSR count). The predicted octanol–water partition coefficient (Wildman–Crippen LogP) is 2.65. The molecule has 0 saturated heterocycles. The summed E-state index contributed by atoms with van der Waals surface area (Å²) in [6.07, 6.45) is 3.71. The van der Waals surface area contributed by atoms with Gasteiger partial charge in [-0.2, -0.15) is 0 Å². The summed E-state index contributed by atoms with van der Waals surface area (Å²) in [6.45, 7) is 6.55. The molecule has 2 atom stereocenters. The molecule has 0 radical (unpaired) electrons. The Hall–Kier alpha value is -0.330. The zero-order valence-electron chi connectivity index (χ0n) is 8.76. The van der Waals surface area contributed by atoms with Gasteiger partial charge >= 0.3 is 0 Å². The van der Waals surface area contributed by atoms with Crippen LogP contribution in [-0.4, -0.2) is 5.78 Å². The SMILES string of the molecule is CC(=O)CC12C3CC(CC31)C2(C)C. The van der Waals surface area contributed by atoms with E-state index in [9.17, 15) is 4.79 Å². The summed E-state index contributed by atoms with van der Waals surface area (Å²) in [6, 6.07) is 0. The number of carbonyl (C=O) groups excluding carboxylic acids is 1. The molecule has 1 nitrogen and oxygen atoms in total. The van der Waals surface area contributed by atoms with E-state index in [0.29, 0.717) is 16.6 Å². The number of hydrogen-bond donors (Lipinski definition) is 0. The lowest BCUT2D eigenvalue weighted by Crippen LogP contribution is -2.26. The van der Waals surface area contributed by atoms with E-state index in [0.717, 1.165) is 24.2 Å². The van der Waals surface area contributed by atoms with Crippen molar-refractivity contribution in [3.63, 3.8) is 0 Å². The van der Waals surface area contributed by atoms with E-state index >= 15 is 0 Å². The molecule has 0 aromatic rings. The molecule has 0 aromatic heterocycles. The Labute approximate surface area is 79.9 Å². The lowest BCUT2D eigenvalue weighted by Gasteiger charge is -2.31. The quantitative estimate of drug-likeness (QED) is 0.635. The van der Waals surface area contributed by atoms with Crippen LogP contribution in [0.3, 0.4) is 0 Å². The molecule has 4 fully saturated rings. The van der Waals surface area contributed by atoms with Crippen LogP contribution in [0.25, 0.3) is 0 Å². The van der Waals surface area contributed by atoms with Crippen LogP contribution in [0.4, 0.5) is 0 Å². The summed E-state index contributed by atoms with van der Waals surface area (Å²) in [4.78, 5) is 11.3. The third-order valence-corrected chi connectivity index (χ3v) is 5.54. The number of rotatable bonds is 2. The van der Waals surface area contributed by atoms with Crippen molar-refractivity contribution in [2.75, 3.05) is 0 Å². The lowest BCUT2D eigenvalue weighted by molar-refractivity contribution is -0.119. The van der Waals surface area contributed by atoms with Crippen LogP contribution >= 0.6 is 0 Å². The van der Waals surface area contributed by atoms with Crippen molar-refractivity contribution in [1.82, 2.24) is 0 Å². The highest BCUT2D eigenvalue weighted by Gasteiger charge is 2.81. The maximum Gasteiger partial charge on any atom is 0.130 e. The first-order valence-corrected chi connectivity index (χ1v) is 5.49. The fraction of sp³-hybridized carbons (Fsp3) is 0.917. The number of hydrogen-bond acceptors (Lipinski definition) is 1. The highest BCUT2D eigenvalue weighted by Crippen LogP contribution is 2.87. The third-order valence-electron chi connectivity index (χ3n) is 5.54. The Kier molecular flexibility index (Phi) is 1.15. The lowest BCUT2D eigenvalue weighted by atomic mass is 9.73. The molecule has 4 aliphatic rings. The standard InChI is InChI=1S/C12H18O/c1-7(13)6-12-9-4-8(5-10(9)12)11(12,2)3/h8-10H,4-6H2,1-3H3. The van der Waals surface area contributed by atoms with E-state index in [1.165, 1.54) is 12.8 Å². The molecule has 4 saturated carbocycles. The van der Waals surface area contributed by atoms with Gasteiger partial charge in [0.1, 0.15) is 5.78 Å². The van der Waals surface area contributed by atoms with Gasteiger partial charge in [0.05, 0.1) is 0 Å². The van der Waals surface area contributed by atoms with E-state index in [2.05, 4.69) is 13.8 Å². The summed E-state index contributed by atoms with van der Waals surface area (Å²) < 4.78 is 0. The minimum atomic E-state index is 0.406. The average molecular weight is 178 g/mol. The van der Waals surface area contributed by atoms with Gasteiger partial charge in [-0.05, 0) is 48.3 Å². The van der Waals surface area contributed by atoms with Gasteiger partial charge in [0.2, 0.25) is 0 Å². The van der Waals surface area contributed by atoms with E-state index in [4.69, 9.17) is 0 Å². The minimum absolute atomic E-state index is 0.406. The van der Waals surface area contributed by atoms with Gasteiger partial charge in [-0.25, -0.2) is 0 Å². The second-order valence-corrected chi connectivity index (χ2v) is 6.02. The van der Waals surface area contributed by atoms with Crippen molar-refractivity contribution in [2.24, 2.45) is 28.6 Å². The largest absolute Gasteiger partial charge is 0.300 e. The van der Waals surface area contributed by atoms with Crippen LogP contribution in [0.15, 0.2) is 0 Å². The van der Waals surface area contributed by atoms with Gasteiger partial charge in [0, 0.05) is 6.42 Å². The van der Waals surface area contributed by atoms with E-state index < -0.39 is 0 Å². The number of carbonyl (C=O) groups is 1. The monoisotopic (exact) mass is 178 g/mol. The normalized spacial score (nSPS) is 53.9. The third kappa shape index (κ3) is 0.628. The Balaban J connectivity index is 1.98. The van der Waals surface area contributed by atoms with Gasteiger partial charge in [-0.1, -0.05) is 13.8 Å². The topological polar surface area (TPSA) is 17.1 Å². The molecule has 0 aliphatic heterocycles. The minimum Gasteiger partial charge on any atom is -0.300 e. The average Bonchev–Trinajstić information content (AvgIpc) is 2.39. The molecule has 0 heterocycles. The van der Waals surface area contributed by atoms with Crippen LogP contribution in [-0.2, 0) is 4.79 Å². The Morgan fingerprint density at radius 1 is 1.31 bits per heavy atom. The van der Waals surface area contributed by atoms with Crippen LogP contribution in [0.2, 0.25) is 0 Å². The van der Waals surface area contributed by atoms with Crippen molar-refractivity contribution in [2.45, 2.75) is 40.0 Å². The molecule has 0 spiro atoms. The number of Topliss-reactive ketones (excluding diaryl/α,β-unsaturated/α-hetero) is 1. The zero-order valence-corrected chi connectivity index (χ0v) is 8.76. The van der Waals surface area contributed by atoms with Gasteiger partial charge < -0.3 is 4.79 Å². The molecule has 0 aromatic carbocycles. The van der Waals surface area contributed by atoms with Crippen molar-refractivity contribution in [3.8, 4) is 0 Å². The first-order chi connectivity index (χ1) is 6.00. The summed E-state index contributed by atoms with van der Waals surface area (Å²) in [5.74, 6) is 3.19. The molecule has 72 valence electrons. The van der Waals surface area contributed by atoms with E-state index in [1.807, 2.05) is 0 Å². The van der Waals surface area contributed by atoms with Gasteiger partial charge in [0.15, 0.2) is 0 Å². The smallest absolute Gasteiger partial charge is 0.130 e. The van der Waals surface area contributed by atoms with E-state index in [1.54, 1.807) is 6.92 Å². The Bertz CT molecular complexity index is 277. The maximum absolute atomic E-state index is 11.3. The maximum atomic E-state index is 11.3. The molecule has 13 heavy (non-hydrogen) atoms. The van der Waals surface area contributed by atoms with Crippen molar-refractivity contribution in [3.05, 3.63) is 0 Å². The van der Waals surface area contributed by atoms with Crippen LogP contribution in [0.1, 0.15) is 40.0 Å². The van der Waals surface area contributed by atoms with Crippen LogP contribution in [0.5, 0.6) is 0 Å². The first-order valence-electron chi connectivity index (χ1n) is 5.49. The summed E-state index contributed by atoms with van der Waals surface area (Å²) in [7, 11) is 0. The predicted molar refractivity (Wildman–Crippen MR) is 51.2 cm³/mol. The Morgan fingerprint density at radius 3 is 2.15 bits per heavy atom. The second kappa shape index (κ2) is 1.87. The summed E-state index contributed by atoms with van der Waals surface area (Å²) in [5, 5.41) is 0. The highest BCUT2D eigenvalue weighted by atomic mass is 16.1. The molecule has 0 N–H and O–H groups in total. The highest BCUT2D eigenvalue weighted by molar-refractivity contribution is 5.77. The number of ketones is 1. The van der Waals surface area contributed by atoms with Gasteiger partial charge in [0.25, 0.3) is 0 Å². The Morgan fingerprint density at radius 2 is 1.85 bits per heavy atom. The summed E-state index contributed by atoms with van der Waals surface area (Å²) in [5.41, 5.74) is 0.928. The fourth-order valence-corrected chi connectivity index (χ4v) is 4.89. The van der Waals surface area contributed by atoms with Crippen LogP contribution in [0, 0.1) is 28.6 Å². The molecule has 1 heteroatoms. The summed E-state index contributed by atoms with van der Waals surface area (Å²) >= 11 is 0. The van der Waals surface area contributed by atoms with Crippen molar-refractivity contribution >= 4 is 5.78 Å². The van der Waals surface area contributed by atoms with Crippen LogP contribution < -0.4 is 0 Å². The van der Waals surface area contributed by atoms with Gasteiger partial charge in [-0.3, -0.25) is 0 Å². The molecular weight excluding hydrogens is 160 g/mol. The van der Waals surface area contributed by atoms with Gasteiger partial charge in [-0.15, -0.1) is 0 Å².